The fraction of sp³-hybridized carbons (Fsp3) is 0.308. The number of hydrogen-bond acceptors (Lipinski definition) is 2. The number of esters is 1. The first-order valence-corrected chi connectivity index (χ1v) is 5.09. The number of rotatable bonds is 3. The van der Waals surface area contributed by atoms with Crippen molar-refractivity contribution in [3.63, 3.8) is 0 Å². The van der Waals surface area contributed by atoms with Gasteiger partial charge in [-0.3, -0.25) is 0 Å². The molecule has 0 bridgehead atoms. The lowest BCUT2D eigenvalue weighted by Gasteiger charge is -2.03. The van der Waals surface area contributed by atoms with E-state index < -0.39 is 0 Å². The molecule has 1 aromatic rings. The minimum Gasteiger partial charge on any atom is -0.462 e. The highest BCUT2D eigenvalue weighted by Gasteiger charge is 2.05. The molecule has 0 atom stereocenters. The first kappa shape index (κ1) is 11.5. The molecule has 0 aliphatic rings. The lowest BCUT2D eigenvalue weighted by atomic mass is 10.1. The van der Waals surface area contributed by atoms with Gasteiger partial charge in [-0.2, -0.15) is 0 Å². The molecule has 0 fully saturated rings. The van der Waals surface area contributed by atoms with Crippen LogP contribution in [-0.4, -0.2) is 12.6 Å². The first-order valence-electron chi connectivity index (χ1n) is 5.09. The molecule has 0 saturated heterocycles. The van der Waals surface area contributed by atoms with E-state index in [9.17, 15) is 4.79 Å². The van der Waals surface area contributed by atoms with Crippen molar-refractivity contribution in [2.45, 2.75) is 20.8 Å². The van der Waals surface area contributed by atoms with Gasteiger partial charge < -0.3 is 4.74 Å². The van der Waals surface area contributed by atoms with Crippen LogP contribution in [0.5, 0.6) is 0 Å². The van der Waals surface area contributed by atoms with Gasteiger partial charge in [0.25, 0.3) is 0 Å². The van der Waals surface area contributed by atoms with Crippen molar-refractivity contribution < 1.29 is 9.53 Å². The van der Waals surface area contributed by atoms with Gasteiger partial charge in [0.15, 0.2) is 0 Å². The van der Waals surface area contributed by atoms with Crippen LogP contribution in [0, 0.1) is 0 Å². The third kappa shape index (κ3) is 2.94. The zero-order chi connectivity index (χ0) is 11.3. The molecule has 0 radical (unpaired) electrons. The summed E-state index contributed by atoms with van der Waals surface area (Å²) < 4.78 is 4.90. The maximum absolute atomic E-state index is 11.4. The Hall–Kier alpha value is -1.57. The highest BCUT2D eigenvalue weighted by molar-refractivity contribution is 5.89. The van der Waals surface area contributed by atoms with Crippen LogP contribution in [0.25, 0.3) is 5.57 Å². The molecule has 1 rings (SSSR count). The predicted octanol–water partition coefficient (Wildman–Crippen LogP) is 3.29. The summed E-state index contributed by atoms with van der Waals surface area (Å²) in [6, 6.07) is 7.45. The van der Waals surface area contributed by atoms with Crippen LogP contribution >= 0.6 is 0 Å². The van der Waals surface area contributed by atoms with Gasteiger partial charge in [-0.25, -0.2) is 4.79 Å². The van der Waals surface area contributed by atoms with Gasteiger partial charge in [0, 0.05) is 0 Å². The Bertz CT molecular complexity index is 361. The van der Waals surface area contributed by atoms with Crippen molar-refractivity contribution in [3.8, 4) is 0 Å². The molecule has 0 heterocycles. The number of carbonyl (C=O) groups is 1. The van der Waals surface area contributed by atoms with E-state index in [1.807, 2.05) is 32.1 Å². The Labute approximate surface area is 90.6 Å². The monoisotopic (exact) mass is 204 g/mol. The number of hydrogen-bond donors (Lipinski definition) is 0. The minimum atomic E-state index is -0.262. The average Bonchev–Trinajstić information content (AvgIpc) is 2.28. The van der Waals surface area contributed by atoms with Crippen LogP contribution in [0.15, 0.2) is 30.3 Å². The number of ether oxygens (including phenoxy) is 1. The van der Waals surface area contributed by atoms with Crippen molar-refractivity contribution in [1.82, 2.24) is 0 Å². The predicted molar refractivity (Wildman–Crippen MR) is 61.7 cm³/mol. The van der Waals surface area contributed by atoms with Crippen LogP contribution in [0.2, 0.25) is 0 Å². The lowest BCUT2D eigenvalue weighted by molar-refractivity contribution is 0.0526. The summed E-state index contributed by atoms with van der Waals surface area (Å²) in [6.45, 7) is 6.25. The Kier molecular flexibility index (Phi) is 4.10. The summed E-state index contributed by atoms with van der Waals surface area (Å²) in [5, 5.41) is 0. The van der Waals surface area contributed by atoms with Crippen LogP contribution in [0.3, 0.4) is 0 Å². The topological polar surface area (TPSA) is 26.3 Å². The Morgan fingerprint density at radius 1 is 1.27 bits per heavy atom. The molecule has 15 heavy (non-hydrogen) atoms. The molecular weight excluding hydrogens is 188 g/mol. The highest BCUT2D eigenvalue weighted by Crippen LogP contribution is 2.14. The Morgan fingerprint density at radius 2 is 1.80 bits per heavy atom. The van der Waals surface area contributed by atoms with E-state index in [0.717, 1.165) is 5.56 Å². The van der Waals surface area contributed by atoms with E-state index in [4.69, 9.17) is 4.74 Å². The van der Waals surface area contributed by atoms with Crippen molar-refractivity contribution >= 4 is 11.5 Å². The fourth-order valence-corrected chi connectivity index (χ4v) is 1.25. The molecule has 80 valence electrons. The molecule has 0 aromatic heterocycles. The van der Waals surface area contributed by atoms with Gasteiger partial charge in [-0.05, 0) is 44.0 Å². The second-order valence-corrected chi connectivity index (χ2v) is 3.27. The zero-order valence-electron chi connectivity index (χ0n) is 9.41. The molecule has 0 amide bonds. The average molecular weight is 204 g/mol. The number of benzene rings is 1. The fourth-order valence-electron chi connectivity index (χ4n) is 1.25. The molecule has 1 aromatic carbocycles. The molecule has 0 unspecified atom stereocenters. The molecule has 2 nitrogen and oxygen atoms in total. The molecule has 0 saturated carbocycles. The largest absolute Gasteiger partial charge is 0.462 e. The summed E-state index contributed by atoms with van der Waals surface area (Å²) in [5.41, 5.74) is 2.93. The van der Waals surface area contributed by atoms with Crippen LogP contribution < -0.4 is 0 Å². The van der Waals surface area contributed by atoms with Crippen LogP contribution in [0.1, 0.15) is 36.7 Å². The van der Waals surface area contributed by atoms with E-state index in [2.05, 4.69) is 0 Å². The van der Waals surface area contributed by atoms with E-state index in [1.54, 1.807) is 19.1 Å². The molecule has 0 aliphatic carbocycles. The third-order valence-corrected chi connectivity index (χ3v) is 2.28. The maximum Gasteiger partial charge on any atom is 0.338 e. The smallest absolute Gasteiger partial charge is 0.338 e. The van der Waals surface area contributed by atoms with Crippen LogP contribution in [-0.2, 0) is 4.74 Å². The zero-order valence-corrected chi connectivity index (χ0v) is 9.41. The van der Waals surface area contributed by atoms with Gasteiger partial charge in [-0.15, -0.1) is 0 Å². The minimum absolute atomic E-state index is 0.262. The summed E-state index contributed by atoms with van der Waals surface area (Å²) in [7, 11) is 0. The molecular formula is C13H16O2. The van der Waals surface area contributed by atoms with Crippen LogP contribution in [0.4, 0.5) is 0 Å². The standard InChI is InChI=1S/C13H16O2/c1-4-10(3)11-6-8-12(9-7-11)13(14)15-5-2/h4,6-9H,5H2,1-3H3/b10-4-. The van der Waals surface area contributed by atoms with Crippen molar-refractivity contribution in [1.29, 1.82) is 0 Å². The molecule has 0 spiro atoms. The number of allylic oxidation sites excluding steroid dienone is 2. The normalized spacial score (nSPS) is 11.3. The third-order valence-electron chi connectivity index (χ3n) is 2.28. The second-order valence-electron chi connectivity index (χ2n) is 3.27. The van der Waals surface area contributed by atoms with E-state index in [0.29, 0.717) is 12.2 Å². The van der Waals surface area contributed by atoms with Crippen molar-refractivity contribution in [3.05, 3.63) is 41.5 Å². The summed E-state index contributed by atoms with van der Waals surface area (Å²) in [5.74, 6) is -0.262. The molecule has 0 N–H and O–H groups in total. The summed E-state index contributed by atoms with van der Waals surface area (Å²) in [4.78, 5) is 11.4. The highest BCUT2D eigenvalue weighted by atomic mass is 16.5. The van der Waals surface area contributed by atoms with Gasteiger partial charge in [0.2, 0.25) is 0 Å². The summed E-state index contributed by atoms with van der Waals surface area (Å²) in [6.07, 6.45) is 2.04. The summed E-state index contributed by atoms with van der Waals surface area (Å²) >= 11 is 0. The molecule has 0 aliphatic heterocycles. The van der Waals surface area contributed by atoms with E-state index in [1.165, 1.54) is 5.57 Å². The van der Waals surface area contributed by atoms with E-state index >= 15 is 0 Å². The second kappa shape index (κ2) is 5.35. The Balaban J connectivity index is 2.85. The lowest BCUT2D eigenvalue weighted by Crippen LogP contribution is -2.04. The van der Waals surface area contributed by atoms with Crippen molar-refractivity contribution in [2.24, 2.45) is 0 Å². The quantitative estimate of drug-likeness (QED) is 0.706. The van der Waals surface area contributed by atoms with Gasteiger partial charge in [0.05, 0.1) is 12.2 Å². The maximum atomic E-state index is 11.4. The van der Waals surface area contributed by atoms with Gasteiger partial charge in [0.1, 0.15) is 0 Å². The van der Waals surface area contributed by atoms with Crippen molar-refractivity contribution in [2.75, 3.05) is 6.61 Å². The van der Waals surface area contributed by atoms with E-state index in [-0.39, 0.29) is 5.97 Å². The number of carbonyl (C=O) groups excluding carboxylic acids is 1. The SMILES string of the molecule is C/C=C(/C)c1ccc(C(=O)OCC)cc1. The first-order chi connectivity index (χ1) is 7.19. The Morgan fingerprint density at radius 3 is 2.27 bits per heavy atom. The van der Waals surface area contributed by atoms with Gasteiger partial charge in [-0.1, -0.05) is 18.2 Å². The molecule has 2 heteroatoms. The van der Waals surface area contributed by atoms with Gasteiger partial charge >= 0.3 is 5.97 Å².